The highest BCUT2D eigenvalue weighted by Crippen LogP contribution is 2.28. The minimum atomic E-state index is 0.462. The summed E-state index contributed by atoms with van der Waals surface area (Å²) in [6.45, 7) is 17.3. The van der Waals surface area contributed by atoms with Crippen molar-refractivity contribution in [1.29, 1.82) is 0 Å². The van der Waals surface area contributed by atoms with Crippen LogP contribution < -0.4 is 4.74 Å². The number of aryl methyl sites for hydroxylation is 2. The predicted octanol–water partition coefficient (Wildman–Crippen LogP) is 8.90. The number of hydrogen-bond acceptors (Lipinski definition) is 2. The summed E-state index contributed by atoms with van der Waals surface area (Å²) in [7, 11) is 0. The van der Waals surface area contributed by atoms with Gasteiger partial charge in [0.1, 0.15) is 5.75 Å². The summed E-state index contributed by atoms with van der Waals surface area (Å²) < 4.78 is 6.04. The first-order valence-electron chi connectivity index (χ1n) is 11.3. The lowest BCUT2D eigenvalue weighted by Crippen LogP contribution is -2.11. The summed E-state index contributed by atoms with van der Waals surface area (Å²) in [6.07, 6.45) is 6.75. The van der Waals surface area contributed by atoms with Crippen molar-refractivity contribution >= 4 is 11.3 Å². The summed E-state index contributed by atoms with van der Waals surface area (Å²) in [5.41, 5.74) is 2.68. The largest absolute Gasteiger partial charge is 0.490 e. The van der Waals surface area contributed by atoms with Crippen LogP contribution in [0.1, 0.15) is 107 Å². The van der Waals surface area contributed by atoms with E-state index in [0.29, 0.717) is 17.9 Å². The molecule has 0 N–H and O–H groups in total. The number of benzene rings is 1. The summed E-state index contributed by atoms with van der Waals surface area (Å²) >= 11 is 1.94. The van der Waals surface area contributed by atoms with E-state index in [9.17, 15) is 0 Å². The second-order valence-electron chi connectivity index (χ2n) is 8.02. The van der Waals surface area contributed by atoms with Crippen molar-refractivity contribution < 1.29 is 4.74 Å². The van der Waals surface area contributed by atoms with Gasteiger partial charge in [-0.1, -0.05) is 60.6 Å². The molecule has 1 aromatic heterocycles. The van der Waals surface area contributed by atoms with Crippen molar-refractivity contribution in [3.05, 3.63) is 51.2 Å². The molecule has 0 atom stereocenters. The fraction of sp³-hybridized carbons (Fsp3) is 0.615. The van der Waals surface area contributed by atoms with E-state index in [1.807, 2.05) is 25.2 Å². The van der Waals surface area contributed by atoms with E-state index < -0.39 is 0 Å². The summed E-state index contributed by atoms with van der Waals surface area (Å²) in [5.74, 6) is 2.38. The molecule has 0 spiro atoms. The van der Waals surface area contributed by atoms with E-state index in [1.54, 1.807) is 0 Å². The van der Waals surface area contributed by atoms with Gasteiger partial charge in [-0.2, -0.15) is 0 Å². The zero-order valence-corrected chi connectivity index (χ0v) is 20.3. The molecule has 0 radical (unpaired) electrons. The first-order valence-corrected chi connectivity index (χ1v) is 12.1. The van der Waals surface area contributed by atoms with Crippen molar-refractivity contribution in [1.82, 2.24) is 0 Å². The number of hydrogen-bond donors (Lipinski definition) is 0. The molecular weight excluding hydrogens is 360 g/mol. The standard InChI is InChI=1S/C15H22O.C9H14S.C2H6/c1-11(2)13-8-9-15(12(3)10-13)16-14-6-4-5-7-14;1-4-8-5-6-9(10-8)7(2)3;1-2/h8-11,14H,4-7H2,1-3H3;5-7H,4H2,1-3H3;1-2H3. The lowest BCUT2D eigenvalue weighted by molar-refractivity contribution is 0.208. The van der Waals surface area contributed by atoms with Gasteiger partial charge in [0, 0.05) is 9.75 Å². The van der Waals surface area contributed by atoms with Gasteiger partial charge in [-0.3, -0.25) is 0 Å². The fourth-order valence-corrected chi connectivity index (χ4v) is 4.20. The molecule has 0 amide bonds. The number of rotatable bonds is 5. The molecule has 1 aromatic carbocycles. The molecule has 0 bridgehead atoms. The maximum absolute atomic E-state index is 6.04. The molecule has 2 aromatic rings. The van der Waals surface area contributed by atoms with Crippen molar-refractivity contribution in [3.8, 4) is 5.75 Å². The van der Waals surface area contributed by atoms with Crippen LogP contribution in [-0.4, -0.2) is 6.10 Å². The van der Waals surface area contributed by atoms with Gasteiger partial charge < -0.3 is 4.74 Å². The van der Waals surface area contributed by atoms with Gasteiger partial charge in [0.05, 0.1) is 6.10 Å². The van der Waals surface area contributed by atoms with Crippen LogP contribution in [0.3, 0.4) is 0 Å². The smallest absolute Gasteiger partial charge is 0.122 e. The monoisotopic (exact) mass is 402 g/mol. The molecule has 0 saturated heterocycles. The van der Waals surface area contributed by atoms with E-state index >= 15 is 0 Å². The maximum Gasteiger partial charge on any atom is 0.122 e. The molecule has 3 rings (SSSR count). The van der Waals surface area contributed by atoms with Crippen LogP contribution in [0.2, 0.25) is 0 Å². The zero-order valence-electron chi connectivity index (χ0n) is 19.5. The second kappa shape index (κ2) is 13.0. The highest BCUT2D eigenvalue weighted by molar-refractivity contribution is 7.12. The first-order chi connectivity index (χ1) is 13.4. The minimum Gasteiger partial charge on any atom is -0.490 e. The van der Waals surface area contributed by atoms with E-state index in [0.717, 1.165) is 5.75 Å². The summed E-state index contributed by atoms with van der Waals surface area (Å²) in [6, 6.07) is 11.1. The molecule has 1 saturated carbocycles. The minimum absolute atomic E-state index is 0.462. The van der Waals surface area contributed by atoms with Gasteiger partial charge >= 0.3 is 0 Å². The van der Waals surface area contributed by atoms with Crippen molar-refractivity contribution in [2.45, 2.75) is 105 Å². The topological polar surface area (TPSA) is 9.23 Å². The molecule has 0 unspecified atom stereocenters. The van der Waals surface area contributed by atoms with Gasteiger partial charge in [-0.15, -0.1) is 11.3 Å². The van der Waals surface area contributed by atoms with Gasteiger partial charge in [0.15, 0.2) is 0 Å². The molecule has 1 aliphatic carbocycles. The Morgan fingerprint density at radius 1 is 0.964 bits per heavy atom. The number of thiophene rings is 1. The predicted molar refractivity (Wildman–Crippen MR) is 127 cm³/mol. The fourth-order valence-electron chi connectivity index (χ4n) is 3.24. The molecule has 0 aliphatic heterocycles. The third-order valence-corrected chi connectivity index (χ3v) is 6.59. The molecule has 1 nitrogen and oxygen atoms in total. The second-order valence-corrected chi connectivity index (χ2v) is 9.22. The molecule has 1 aliphatic rings. The Bertz CT molecular complexity index is 663. The van der Waals surface area contributed by atoms with Crippen LogP contribution in [0, 0.1) is 6.92 Å². The summed E-state index contributed by atoms with van der Waals surface area (Å²) in [4.78, 5) is 3.01. The van der Waals surface area contributed by atoms with Gasteiger partial charge in [-0.25, -0.2) is 0 Å². The quantitative estimate of drug-likeness (QED) is 0.485. The first kappa shape index (κ1) is 24.8. The Morgan fingerprint density at radius 3 is 2.04 bits per heavy atom. The zero-order chi connectivity index (χ0) is 21.1. The third kappa shape index (κ3) is 7.99. The Hall–Kier alpha value is -1.28. The number of ether oxygens (including phenoxy) is 1. The van der Waals surface area contributed by atoms with Crippen molar-refractivity contribution in [2.75, 3.05) is 0 Å². The van der Waals surface area contributed by atoms with Crippen LogP contribution in [0.4, 0.5) is 0 Å². The Balaban J connectivity index is 0.000000281. The highest BCUT2D eigenvalue weighted by Gasteiger charge is 2.17. The van der Waals surface area contributed by atoms with E-state index in [2.05, 4.69) is 71.9 Å². The lowest BCUT2D eigenvalue weighted by Gasteiger charge is -2.16. The lowest BCUT2D eigenvalue weighted by atomic mass is 10.0. The average Bonchev–Trinajstić information content (AvgIpc) is 3.37. The van der Waals surface area contributed by atoms with Crippen molar-refractivity contribution in [3.63, 3.8) is 0 Å². The van der Waals surface area contributed by atoms with Crippen LogP contribution in [0.15, 0.2) is 30.3 Å². The molecule has 1 fully saturated rings. The van der Waals surface area contributed by atoms with E-state index in [-0.39, 0.29) is 0 Å². The van der Waals surface area contributed by atoms with Crippen LogP contribution in [0.25, 0.3) is 0 Å². The molecule has 1 heterocycles. The molecule has 2 heteroatoms. The third-order valence-electron chi connectivity index (χ3n) is 5.06. The van der Waals surface area contributed by atoms with E-state index in [4.69, 9.17) is 4.74 Å². The normalized spacial score (nSPS) is 13.8. The Morgan fingerprint density at radius 2 is 1.61 bits per heavy atom. The van der Waals surface area contributed by atoms with Crippen molar-refractivity contribution in [2.24, 2.45) is 0 Å². The molecule has 28 heavy (non-hydrogen) atoms. The van der Waals surface area contributed by atoms with Gasteiger partial charge in [-0.05, 0) is 80.2 Å². The highest BCUT2D eigenvalue weighted by atomic mass is 32.1. The van der Waals surface area contributed by atoms with E-state index in [1.165, 1.54) is 53.0 Å². The summed E-state index contributed by atoms with van der Waals surface area (Å²) in [5, 5.41) is 0. The van der Waals surface area contributed by atoms with Crippen LogP contribution >= 0.6 is 11.3 Å². The van der Waals surface area contributed by atoms with Crippen LogP contribution in [0.5, 0.6) is 5.75 Å². The van der Waals surface area contributed by atoms with Gasteiger partial charge in [0.25, 0.3) is 0 Å². The Kier molecular flexibility index (Phi) is 11.5. The Labute approximate surface area is 178 Å². The molecular formula is C26H42OS. The SMILES string of the molecule is CC.CCc1ccc(C(C)C)s1.Cc1cc(C(C)C)ccc1OC1CCCC1. The van der Waals surface area contributed by atoms with Crippen LogP contribution in [-0.2, 0) is 6.42 Å². The maximum atomic E-state index is 6.04. The average molecular weight is 403 g/mol. The van der Waals surface area contributed by atoms with Gasteiger partial charge in [0.2, 0.25) is 0 Å². The molecule has 158 valence electrons.